The van der Waals surface area contributed by atoms with E-state index in [1.165, 1.54) is 32.1 Å². The molecular weight excluding hydrogens is 308 g/mol. The van der Waals surface area contributed by atoms with E-state index in [-0.39, 0.29) is 6.54 Å². The predicted molar refractivity (Wildman–Crippen MR) is 92.5 cm³/mol. The highest BCUT2D eigenvalue weighted by atomic mass is 19.3. The van der Waals surface area contributed by atoms with Gasteiger partial charge in [-0.15, -0.1) is 0 Å². The quantitative estimate of drug-likeness (QED) is 0.781. The summed E-state index contributed by atoms with van der Waals surface area (Å²) in [5.74, 6) is -2.55. The summed E-state index contributed by atoms with van der Waals surface area (Å²) in [5, 5.41) is 0. The van der Waals surface area contributed by atoms with Crippen LogP contribution in [0, 0.1) is 5.41 Å². The lowest BCUT2D eigenvalue weighted by Gasteiger charge is -2.59. The number of rotatable bonds is 3. The molecule has 3 nitrogen and oxygen atoms in total. The minimum Gasteiger partial charge on any atom is -0.298 e. The molecule has 24 heavy (non-hydrogen) atoms. The summed E-state index contributed by atoms with van der Waals surface area (Å²) in [7, 11) is 0. The van der Waals surface area contributed by atoms with Gasteiger partial charge in [0.05, 0.1) is 12.6 Å². The monoisotopic (exact) mass is 341 g/mol. The highest BCUT2D eigenvalue weighted by Gasteiger charge is 2.54. The lowest BCUT2D eigenvalue weighted by Crippen LogP contribution is -2.65. The van der Waals surface area contributed by atoms with Crippen molar-refractivity contribution in [2.45, 2.75) is 76.4 Å². The van der Waals surface area contributed by atoms with E-state index >= 15 is 0 Å². The standard InChI is InChI=1S/C19H33F2N3/c1-15(2)22-8-10-23(11-9-22)17-4-7-24(14-19(17,20)21)16-12-18(13-16)5-3-6-18/h15-17H,3-14H2,1-2H3. The molecule has 1 spiro atoms. The number of hydrogen-bond acceptors (Lipinski definition) is 3. The molecule has 2 saturated heterocycles. The summed E-state index contributed by atoms with van der Waals surface area (Å²) in [6.45, 7) is 8.69. The summed E-state index contributed by atoms with van der Waals surface area (Å²) in [5.41, 5.74) is 0.573. The second-order valence-electron chi connectivity index (χ2n) is 9.12. The molecular formula is C19H33F2N3. The van der Waals surface area contributed by atoms with E-state index in [9.17, 15) is 8.78 Å². The van der Waals surface area contributed by atoms with Gasteiger partial charge < -0.3 is 0 Å². The zero-order chi connectivity index (χ0) is 16.9. The third-order valence-corrected chi connectivity index (χ3v) is 7.38. The molecule has 138 valence electrons. The van der Waals surface area contributed by atoms with Crippen LogP contribution in [-0.4, -0.2) is 78.0 Å². The Morgan fingerprint density at radius 2 is 1.58 bits per heavy atom. The molecule has 4 fully saturated rings. The smallest absolute Gasteiger partial charge is 0.275 e. The van der Waals surface area contributed by atoms with Crippen molar-refractivity contribution < 1.29 is 8.78 Å². The largest absolute Gasteiger partial charge is 0.298 e. The average Bonchev–Trinajstić information content (AvgIpc) is 2.43. The van der Waals surface area contributed by atoms with Crippen LogP contribution in [-0.2, 0) is 0 Å². The van der Waals surface area contributed by atoms with E-state index in [4.69, 9.17) is 0 Å². The molecule has 0 radical (unpaired) electrons. The molecule has 4 rings (SSSR count). The molecule has 1 unspecified atom stereocenters. The van der Waals surface area contributed by atoms with Crippen LogP contribution in [0.25, 0.3) is 0 Å². The fourth-order valence-corrected chi connectivity index (χ4v) is 5.56. The van der Waals surface area contributed by atoms with Crippen LogP contribution in [0.4, 0.5) is 8.78 Å². The molecule has 0 bridgehead atoms. The molecule has 0 N–H and O–H groups in total. The fourth-order valence-electron chi connectivity index (χ4n) is 5.56. The first kappa shape index (κ1) is 17.2. The van der Waals surface area contributed by atoms with Crippen molar-refractivity contribution in [3.63, 3.8) is 0 Å². The SMILES string of the molecule is CC(C)N1CCN(C2CCN(C3CC4(CCC4)C3)CC2(F)F)CC1. The Morgan fingerprint density at radius 1 is 0.917 bits per heavy atom. The van der Waals surface area contributed by atoms with Crippen molar-refractivity contribution in [3.05, 3.63) is 0 Å². The highest BCUT2D eigenvalue weighted by molar-refractivity contribution is 5.05. The first-order valence-corrected chi connectivity index (χ1v) is 9.99. The van der Waals surface area contributed by atoms with Crippen molar-refractivity contribution in [2.75, 3.05) is 39.3 Å². The minimum atomic E-state index is -2.55. The minimum absolute atomic E-state index is 0.0111. The maximum absolute atomic E-state index is 14.9. The van der Waals surface area contributed by atoms with Gasteiger partial charge in [0.2, 0.25) is 0 Å². The molecule has 0 aromatic heterocycles. The van der Waals surface area contributed by atoms with E-state index in [1.54, 1.807) is 0 Å². The summed E-state index contributed by atoms with van der Waals surface area (Å²) >= 11 is 0. The Balaban J connectivity index is 1.31. The average molecular weight is 341 g/mol. The van der Waals surface area contributed by atoms with Crippen LogP contribution < -0.4 is 0 Å². The first-order valence-electron chi connectivity index (χ1n) is 9.99. The van der Waals surface area contributed by atoms with E-state index in [0.29, 0.717) is 23.9 Å². The zero-order valence-corrected chi connectivity index (χ0v) is 15.3. The molecule has 5 heteroatoms. The maximum atomic E-state index is 14.9. The summed E-state index contributed by atoms with van der Waals surface area (Å²) < 4.78 is 29.7. The van der Waals surface area contributed by atoms with Gasteiger partial charge in [-0.1, -0.05) is 6.42 Å². The predicted octanol–water partition coefficient (Wildman–Crippen LogP) is 3.05. The van der Waals surface area contributed by atoms with Gasteiger partial charge in [-0.2, -0.15) is 0 Å². The van der Waals surface area contributed by atoms with Crippen molar-refractivity contribution in [2.24, 2.45) is 5.41 Å². The number of halogens is 2. The lowest BCUT2D eigenvalue weighted by atomic mass is 9.53. The molecule has 0 aromatic carbocycles. The number of piperazine rings is 1. The number of piperidine rings is 1. The molecule has 4 aliphatic rings. The van der Waals surface area contributed by atoms with Gasteiger partial charge in [0, 0.05) is 44.8 Å². The van der Waals surface area contributed by atoms with Crippen LogP contribution in [0.5, 0.6) is 0 Å². The summed E-state index contributed by atoms with van der Waals surface area (Å²) in [4.78, 5) is 6.59. The van der Waals surface area contributed by atoms with Crippen LogP contribution in [0.1, 0.15) is 52.4 Å². The van der Waals surface area contributed by atoms with Gasteiger partial charge in [0.25, 0.3) is 5.92 Å². The normalized spacial score (nSPS) is 35.1. The number of alkyl halides is 2. The molecule has 0 amide bonds. The third kappa shape index (κ3) is 3.01. The number of likely N-dealkylation sites (tertiary alicyclic amines) is 1. The highest BCUT2D eigenvalue weighted by Crippen LogP contribution is 2.57. The second kappa shape index (κ2) is 6.17. The van der Waals surface area contributed by atoms with Gasteiger partial charge in [-0.25, -0.2) is 8.78 Å². The number of nitrogens with zero attached hydrogens (tertiary/aromatic N) is 3. The Kier molecular flexibility index (Phi) is 4.41. The molecule has 2 aliphatic carbocycles. The van der Waals surface area contributed by atoms with Gasteiger partial charge in [0.1, 0.15) is 0 Å². The molecule has 2 saturated carbocycles. The van der Waals surface area contributed by atoms with Gasteiger partial charge >= 0.3 is 0 Å². The number of hydrogen-bond donors (Lipinski definition) is 0. The summed E-state index contributed by atoms with van der Waals surface area (Å²) in [6, 6.07) is 0.419. The van der Waals surface area contributed by atoms with Gasteiger partial charge in [-0.05, 0) is 51.4 Å². The molecule has 0 aromatic rings. The first-order chi connectivity index (χ1) is 11.4. The van der Waals surface area contributed by atoms with Crippen LogP contribution in [0.15, 0.2) is 0 Å². The van der Waals surface area contributed by atoms with Crippen molar-refractivity contribution in [3.8, 4) is 0 Å². The van der Waals surface area contributed by atoms with Gasteiger partial charge in [0.15, 0.2) is 0 Å². The Bertz CT molecular complexity index is 448. The Hall–Kier alpha value is -0.260. The fraction of sp³-hybridized carbons (Fsp3) is 1.00. The third-order valence-electron chi connectivity index (χ3n) is 7.38. The van der Waals surface area contributed by atoms with Crippen LogP contribution >= 0.6 is 0 Å². The maximum Gasteiger partial charge on any atom is 0.275 e. The van der Waals surface area contributed by atoms with Crippen molar-refractivity contribution in [1.29, 1.82) is 0 Å². The molecule has 2 aliphatic heterocycles. The molecule has 1 atom stereocenters. The Morgan fingerprint density at radius 3 is 2.08 bits per heavy atom. The van der Waals surface area contributed by atoms with E-state index in [0.717, 1.165) is 32.7 Å². The van der Waals surface area contributed by atoms with Crippen LogP contribution in [0.3, 0.4) is 0 Å². The Labute approximate surface area is 145 Å². The topological polar surface area (TPSA) is 9.72 Å². The van der Waals surface area contributed by atoms with E-state index < -0.39 is 12.0 Å². The lowest BCUT2D eigenvalue weighted by molar-refractivity contribution is -0.161. The van der Waals surface area contributed by atoms with Crippen LogP contribution in [0.2, 0.25) is 0 Å². The molecule has 2 heterocycles. The van der Waals surface area contributed by atoms with Crippen molar-refractivity contribution >= 4 is 0 Å². The zero-order valence-electron chi connectivity index (χ0n) is 15.3. The van der Waals surface area contributed by atoms with Gasteiger partial charge in [-0.3, -0.25) is 14.7 Å². The van der Waals surface area contributed by atoms with E-state index in [2.05, 4.69) is 28.5 Å². The van der Waals surface area contributed by atoms with Crippen molar-refractivity contribution in [1.82, 2.24) is 14.7 Å². The van der Waals surface area contributed by atoms with E-state index in [1.807, 2.05) is 0 Å². The second-order valence-corrected chi connectivity index (χ2v) is 9.12. The summed E-state index contributed by atoms with van der Waals surface area (Å²) in [6.07, 6.45) is 7.04.